The normalized spacial score (nSPS) is 12.2. The maximum atomic E-state index is 5.32. The van der Waals surface area contributed by atoms with Crippen molar-refractivity contribution in [3.05, 3.63) is 64.1 Å². The number of hydrogen-bond acceptors (Lipinski definition) is 2. The number of likely N-dealkylation sites (N-methyl/N-ethyl adjacent to an activating group) is 1. The molecule has 0 bridgehead atoms. The van der Waals surface area contributed by atoms with Gasteiger partial charge in [0.1, 0.15) is 5.75 Å². The van der Waals surface area contributed by atoms with Crippen LogP contribution in [0.15, 0.2) is 53.0 Å². The van der Waals surface area contributed by atoms with Gasteiger partial charge in [-0.2, -0.15) is 0 Å². The van der Waals surface area contributed by atoms with Crippen molar-refractivity contribution in [2.24, 2.45) is 0 Å². The van der Waals surface area contributed by atoms with E-state index in [4.69, 9.17) is 4.74 Å². The minimum atomic E-state index is 0.449. The van der Waals surface area contributed by atoms with Gasteiger partial charge >= 0.3 is 0 Å². The van der Waals surface area contributed by atoms with Gasteiger partial charge in [0.05, 0.1) is 7.11 Å². The summed E-state index contributed by atoms with van der Waals surface area (Å²) in [5.74, 6) is 1.35. The Balaban J connectivity index is 2.24. The molecule has 1 unspecified atom stereocenters. The van der Waals surface area contributed by atoms with Crippen molar-refractivity contribution in [3.63, 3.8) is 0 Å². The monoisotopic (exact) mass is 333 g/mol. The second-order valence-corrected chi connectivity index (χ2v) is 5.68. The second kappa shape index (κ2) is 7.46. The van der Waals surface area contributed by atoms with Crippen LogP contribution in [0.1, 0.15) is 17.0 Å². The second-order valence-electron chi connectivity index (χ2n) is 4.83. The van der Waals surface area contributed by atoms with Crippen molar-refractivity contribution in [2.45, 2.75) is 12.3 Å². The fourth-order valence-corrected chi connectivity index (χ4v) is 2.79. The Morgan fingerprint density at radius 2 is 1.90 bits per heavy atom. The molecule has 3 heteroatoms. The van der Waals surface area contributed by atoms with Crippen LogP contribution in [0.3, 0.4) is 0 Å². The van der Waals surface area contributed by atoms with Crippen molar-refractivity contribution in [3.8, 4) is 5.75 Å². The van der Waals surface area contributed by atoms with Crippen molar-refractivity contribution in [1.82, 2.24) is 5.32 Å². The van der Waals surface area contributed by atoms with E-state index in [1.54, 1.807) is 7.11 Å². The number of nitrogens with one attached hydrogen (secondary N) is 1. The van der Waals surface area contributed by atoms with Gasteiger partial charge in [-0.25, -0.2) is 0 Å². The van der Waals surface area contributed by atoms with Crippen LogP contribution in [0.25, 0.3) is 0 Å². The zero-order valence-corrected chi connectivity index (χ0v) is 13.5. The Bertz CT molecular complexity index is 542. The number of rotatable bonds is 6. The molecule has 0 heterocycles. The Morgan fingerprint density at radius 1 is 1.15 bits per heavy atom. The lowest BCUT2D eigenvalue weighted by molar-refractivity contribution is 0.414. The van der Waals surface area contributed by atoms with Crippen LogP contribution in [0.2, 0.25) is 0 Å². The van der Waals surface area contributed by atoms with Crippen LogP contribution >= 0.6 is 15.9 Å². The van der Waals surface area contributed by atoms with Gasteiger partial charge in [0.25, 0.3) is 0 Å². The molecule has 2 nitrogen and oxygen atoms in total. The van der Waals surface area contributed by atoms with E-state index in [0.717, 1.165) is 23.2 Å². The highest BCUT2D eigenvalue weighted by molar-refractivity contribution is 9.10. The zero-order chi connectivity index (χ0) is 14.4. The van der Waals surface area contributed by atoms with Gasteiger partial charge < -0.3 is 10.1 Å². The average Bonchev–Trinajstić information content (AvgIpc) is 2.49. The topological polar surface area (TPSA) is 21.3 Å². The van der Waals surface area contributed by atoms with Crippen molar-refractivity contribution in [1.29, 1.82) is 0 Å². The Kier molecular flexibility index (Phi) is 5.62. The van der Waals surface area contributed by atoms with E-state index in [9.17, 15) is 0 Å². The largest absolute Gasteiger partial charge is 0.497 e. The molecular weight excluding hydrogens is 314 g/mol. The maximum absolute atomic E-state index is 5.32. The van der Waals surface area contributed by atoms with Crippen LogP contribution < -0.4 is 10.1 Å². The zero-order valence-electron chi connectivity index (χ0n) is 11.9. The molecule has 0 aliphatic carbocycles. The van der Waals surface area contributed by atoms with Crippen LogP contribution in [-0.4, -0.2) is 20.7 Å². The molecule has 106 valence electrons. The molecule has 2 aromatic rings. The summed E-state index contributed by atoms with van der Waals surface area (Å²) in [6.45, 7) is 0.952. The molecule has 2 rings (SSSR count). The number of methoxy groups -OCH3 is 1. The standard InChI is InChI=1S/C17H20BrNO/c1-19-12-15(13-6-4-3-5-7-13)10-14-11-16(20-2)8-9-17(14)18/h3-9,11,15,19H,10,12H2,1-2H3. The predicted octanol–water partition coefficient (Wildman–Crippen LogP) is 4.00. The van der Waals surface area contributed by atoms with Gasteiger partial charge in [0.2, 0.25) is 0 Å². The third-order valence-corrected chi connectivity index (χ3v) is 4.21. The van der Waals surface area contributed by atoms with E-state index >= 15 is 0 Å². The molecule has 0 saturated carbocycles. The molecule has 1 atom stereocenters. The van der Waals surface area contributed by atoms with Crippen LogP contribution in [0, 0.1) is 0 Å². The molecule has 0 aliphatic rings. The fraction of sp³-hybridized carbons (Fsp3) is 0.294. The van der Waals surface area contributed by atoms with Crippen molar-refractivity contribution >= 4 is 15.9 Å². The molecule has 0 fully saturated rings. The molecule has 0 amide bonds. The first-order valence-electron chi connectivity index (χ1n) is 6.76. The highest BCUT2D eigenvalue weighted by Crippen LogP contribution is 2.28. The van der Waals surface area contributed by atoms with Gasteiger partial charge in [-0.1, -0.05) is 46.3 Å². The van der Waals surface area contributed by atoms with Gasteiger partial charge in [-0.15, -0.1) is 0 Å². The van der Waals surface area contributed by atoms with E-state index in [-0.39, 0.29) is 0 Å². The highest BCUT2D eigenvalue weighted by Gasteiger charge is 2.13. The molecule has 0 spiro atoms. The molecule has 0 aromatic heterocycles. The third-order valence-electron chi connectivity index (χ3n) is 3.44. The fourth-order valence-electron chi connectivity index (χ4n) is 2.38. The van der Waals surface area contributed by atoms with Gasteiger partial charge in [-0.3, -0.25) is 0 Å². The molecule has 0 saturated heterocycles. The van der Waals surface area contributed by atoms with E-state index in [0.29, 0.717) is 5.92 Å². The minimum Gasteiger partial charge on any atom is -0.497 e. The summed E-state index contributed by atoms with van der Waals surface area (Å²) in [4.78, 5) is 0. The Labute approximate surface area is 129 Å². The minimum absolute atomic E-state index is 0.449. The smallest absolute Gasteiger partial charge is 0.119 e. The van der Waals surface area contributed by atoms with E-state index in [1.165, 1.54) is 11.1 Å². The van der Waals surface area contributed by atoms with Crippen LogP contribution in [0.5, 0.6) is 5.75 Å². The van der Waals surface area contributed by atoms with Crippen molar-refractivity contribution in [2.75, 3.05) is 20.7 Å². The van der Waals surface area contributed by atoms with Gasteiger partial charge in [0.15, 0.2) is 0 Å². The first-order valence-corrected chi connectivity index (χ1v) is 7.56. The molecule has 2 aromatic carbocycles. The predicted molar refractivity (Wildman–Crippen MR) is 87.5 cm³/mol. The van der Waals surface area contributed by atoms with Crippen LogP contribution in [0.4, 0.5) is 0 Å². The Morgan fingerprint density at radius 3 is 2.55 bits per heavy atom. The van der Waals surface area contributed by atoms with E-state index in [2.05, 4.69) is 63.7 Å². The lowest BCUT2D eigenvalue weighted by atomic mass is 9.92. The molecular formula is C17H20BrNO. The summed E-state index contributed by atoms with van der Waals surface area (Å²) in [6.07, 6.45) is 0.975. The number of halogens is 1. The Hall–Kier alpha value is -1.32. The first kappa shape index (κ1) is 15.1. The molecule has 0 aliphatic heterocycles. The summed E-state index contributed by atoms with van der Waals surface area (Å²) < 4.78 is 6.46. The number of hydrogen-bond donors (Lipinski definition) is 1. The van der Waals surface area contributed by atoms with Crippen molar-refractivity contribution < 1.29 is 4.74 Å². The summed E-state index contributed by atoms with van der Waals surface area (Å²) in [5.41, 5.74) is 2.63. The first-order chi connectivity index (χ1) is 9.74. The highest BCUT2D eigenvalue weighted by atomic mass is 79.9. The maximum Gasteiger partial charge on any atom is 0.119 e. The third kappa shape index (κ3) is 3.84. The summed E-state index contributed by atoms with van der Waals surface area (Å²) in [5, 5.41) is 3.29. The van der Waals surface area contributed by atoms with Gasteiger partial charge in [-0.05, 0) is 42.8 Å². The average molecular weight is 334 g/mol. The van der Waals surface area contributed by atoms with E-state index < -0.39 is 0 Å². The SMILES string of the molecule is CNCC(Cc1cc(OC)ccc1Br)c1ccccc1. The molecule has 20 heavy (non-hydrogen) atoms. The summed E-state index contributed by atoms with van der Waals surface area (Å²) in [6, 6.07) is 16.8. The summed E-state index contributed by atoms with van der Waals surface area (Å²) >= 11 is 3.64. The van der Waals surface area contributed by atoms with Crippen LogP contribution in [-0.2, 0) is 6.42 Å². The quantitative estimate of drug-likeness (QED) is 0.862. The lowest BCUT2D eigenvalue weighted by Crippen LogP contribution is -2.19. The number of ether oxygens (including phenoxy) is 1. The molecule has 0 radical (unpaired) electrons. The van der Waals surface area contributed by atoms with Gasteiger partial charge in [0, 0.05) is 16.9 Å². The lowest BCUT2D eigenvalue weighted by Gasteiger charge is -2.18. The molecule has 1 N–H and O–H groups in total. The number of benzene rings is 2. The summed E-state index contributed by atoms with van der Waals surface area (Å²) in [7, 11) is 3.70. The van der Waals surface area contributed by atoms with E-state index in [1.807, 2.05) is 13.1 Å².